The molecule has 1 atom stereocenters. The van der Waals surface area contributed by atoms with Gasteiger partial charge < -0.3 is 10.1 Å². The number of nitrogens with one attached hydrogen (secondary N) is 1. The van der Waals surface area contributed by atoms with Gasteiger partial charge in [-0.2, -0.15) is 5.10 Å². The number of fused-ring (bicyclic) bond motifs is 1. The number of halogens is 1. The Kier molecular flexibility index (Phi) is 5.96. The third-order valence-corrected chi connectivity index (χ3v) is 9.35. The second-order valence-electron chi connectivity index (χ2n) is 8.32. The van der Waals surface area contributed by atoms with Gasteiger partial charge in [0.25, 0.3) is 5.91 Å². The summed E-state index contributed by atoms with van der Waals surface area (Å²) in [5, 5.41) is 8.23. The molecule has 5 rings (SSSR count). The Morgan fingerprint density at radius 2 is 2.03 bits per heavy atom. The smallest absolute Gasteiger partial charge is 0.251 e. The molecule has 1 aliphatic carbocycles. The van der Waals surface area contributed by atoms with Gasteiger partial charge in [-0.1, -0.05) is 22.9 Å². The third-order valence-electron chi connectivity index (χ3n) is 6.06. The van der Waals surface area contributed by atoms with E-state index in [1.54, 1.807) is 29.1 Å². The van der Waals surface area contributed by atoms with Crippen molar-refractivity contribution in [3.8, 4) is 0 Å². The second-order valence-corrected chi connectivity index (χ2v) is 12.2. The van der Waals surface area contributed by atoms with Crippen LogP contribution in [0, 0.1) is 5.92 Å². The van der Waals surface area contributed by atoms with Crippen LogP contribution in [0.1, 0.15) is 38.1 Å². The minimum Gasteiger partial charge on any atom is -0.381 e. The molecule has 8 nitrogen and oxygen atoms in total. The monoisotopic (exact) mass is 494 g/mol. The third kappa shape index (κ3) is 4.41. The number of nitrogens with zero attached hydrogens (tertiary/aromatic N) is 3. The molecular formula is C21H23ClN4O4S2. The first kappa shape index (κ1) is 21.8. The van der Waals surface area contributed by atoms with E-state index in [1.807, 2.05) is 0 Å². The Labute approximate surface area is 194 Å². The van der Waals surface area contributed by atoms with Gasteiger partial charge in [0.1, 0.15) is 10.4 Å². The first-order chi connectivity index (χ1) is 15.4. The SMILES string of the molecule is O=C(Nc1ncc(Cl)s1)[C@@H](CC1CCOCC1)n1ncc2cc(S(=O)(=O)C3CC3)ccc21. The number of aromatic nitrogens is 3. The molecule has 1 saturated heterocycles. The van der Waals surface area contributed by atoms with E-state index in [9.17, 15) is 13.2 Å². The molecule has 2 aromatic heterocycles. The Morgan fingerprint density at radius 1 is 1.25 bits per heavy atom. The average Bonchev–Trinajstić information content (AvgIpc) is 3.46. The summed E-state index contributed by atoms with van der Waals surface area (Å²) in [6, 6.07) is 4.47. The van der Waals surface area contributed by atoms with Crippen LogP contribution >= 0.6 is 22.9 Å². The van der Waals surface area contributed by atoms with Crippen LogP contribution in [0.25, 0.3) is 10.9 Å². The molecular weight excluding hydrogens is 472 g/mol. The van der Waals surface area contributed by atoms with Crippen molar-refractivity contribution >= 4 is 54.7 Å². The zero-order chi connectivity index (χ0) is 22.3. The van der Waals surface area contributed by atoms with Crippen molar-refractivity contribution in [3.63, 3.8) is 0 Å². The van der Waals surface area contributed by atoms with Crippen molar-refractivity contribution in [2.45, 2.75) is 48.3 Å². The number of anilines is 1. The normalized spacial score (nSPS) is 18.7. The number of amides is 1. The van der Waals surface area contributed by atoms with Gasteiger partial charge in [0, 0.05) is 18.6 Å². The lowest BCUT2D eigenvalue weighted by Crippen LogP contribution is -2.30. The minimum atomic E-state index is -3.30. The van der Waals surface area contributed by atoms with Gasteiger partial charge in [-0.15, -0.1) is 0 Å². The summed E-state index contributed by atoms with van der Waals surface area (Å²) in [6.45, 7) is 1.37. The number of thiazole rings is 1. The maximum Gasteiger partial charge on any atom is 0.251 e. The number of hydrogen-bond acceptors (Lipinski definition) is 7. The lowest BCUT2D eigenvalue weighted by atomic mass is 9.92. The molecule has 0 spiro atoms. The lowest BCUT2D eigenvalue weighted by molar-refractivity contribution is -0.120. The largest absolute Gasteiger partial charge is 0.381 e. The summed E-state index contributed by atoms with van der Waals surface area (Å²) in [5.41, 5.74) is 0.726. The molecule has 3 aromatic rings. The number of benzene rings is 1. The summed E-state index contributed by atoms with van der Waals surface area (Å²) in [6.07, 6.45) is 6.94. The maximum absolute atomic E-state index is 13.3. The van der Waals surface area contributed by atoms with Crippen LogP contribution in [-0.4, -0.2) is 47.6 Å². The highest BCUT2D eigenvalue weighted by molar-refractivity contribution is 7.92. The van der Waals surface area contributed by atoms with Gasteiger partial charge in [0.15, 0.2) is 15.0 Å². The fraction of sp³-hybridized carbons (Fsp3) is 0.476. The molecule has 3 heterocycles. The molecule has 11 heteroatoms. The van der Waals surface area contributed by atoms with Crippen LogP contribution < -0.4 is 5.32 Å². The van der Waals surface area contributed by atoms with Crippen molar-refractivity contribution in [2.75, 3.05) is 18.5 Å². The predicted molar refractivity (Wildman–Crippen MR) is 123 cm³/mol. The molecule has 32 heavy (non-hydrogen) atoms. The summed E-state index contributed by atoms with van der Waals surface area (Å²) < 4.78 is 32.9. The first-order valence-electron chi connectivity index (χ1n) is 10.6. The summed E-state index contributed by atoms with van der Waals surface area (Å²) >= 11 is 7.16. The maximum atomic E-state index is 13.3. The Hall–Kier alpha value is -2.01. The van der Waals surface area contributed by atoms with E-state index in [1.165, 1.54) is 17.5 Å². The highest BCUT2D eigenvalue weighted by atomic mass is 35.5. The minimum absolute atomic E-state index is 0.220. The number of rotatable bonds is 7. The van der Waals surface area contributed by atoms with E-state index in [4.69, 9.17) is 16.3 Å². The Balaban J connectivity index is 1.47. The van der Waals surface area contributed by atoms with Gasteiger partial charge in [-0.25, -0.2) is 13.4 Å². The van der Waals surface area contributed by atoms with Crippen molar-refractivity contribution in [1.29, 1.82) is 0 Å². The van der Waals surface area contributed by atoms with Gasteiger partial charge in [-0.05, 0) is 56.2 Å². The van der Waals surface area contributed by atoms with Crippen LogP contribution in [0.5, 0.6) is 0 Å². The highest BCUT2D eigenvalue weighted by Crippen LogP contribution is 2.35. The van der Waals surface area contributed by atoms with E-state index >= 15 is 0 Å². The molecule has 0 bridgehead atoms. The van der Waals surface area contributed by atoms with Crippen LogP contribution in [0.2, 0.25) is 4.34 Å². The lowest BCUT2D eigenvalue weighted by Gasteiger charge is -2.26. The van der Waals surface area contributed by atoms with Crippen LogP contribution in [-0.2, 0) is 19.4 Å². The summed E-state index contributed by atoms with van der Waals surface area (Å²) in [7, 11) is -3.30. The number of ether oxygens (including phenoxy) is 1. The summed E-state index contributed by atoms with van der Waals surface area (Å²) in [5.74, 6) is 0.107. The van der Waals surface area contributed by atoms with E-state index in [2.05, 4.69) is 15.4 Å². The molecule has 2 fully saturated rings. The first-order valence-corrected chi connectivity index (χ1v) is 13.4. The van der Waals surface area contributed by atoms with Gasteiger partial charge >= 0.3 is 0 Å². The van der Waals surface area contributed by atoms with E-state index in [0.717, 1.165) is 18.4 Å². The molecule has 1 aromatic carbocycles. The van der Waals surface area contributed by atoms with Crippen molar-refractivity contribution in [1.82, 2.24) is 14.8 Å². The van der Waals surface area contributed by atoms with Gasteiger partial charge in [-0.3, -0.25) is 9.48 Å². The van der Waals surface area contributed by atoms with Crippen molar-refractivity contribution < 1.29 is 17.9 Å². The Bertz CT molecular complexity index is 1250. The number of carbonyl (C=O) groups is 1. The zero-order valence-corrected chi connectivity index (χ0v) is 19.6. The van der Waals surface area contributed by atoms with Crippen LogP contribution in [0.3, 0.4) is 0 Å². The number of sulfone groups is 1. The summed E-state index contributed by atoms with van der Waals surface area (Å²) in [4.78, 5) is 17.7. The van der Waals surface area contributed by atoms with Crippen molar-refractivity contribution in [3.05, 3.63) is 34.9 Å². The van der Waals surface area contributed by atoms with Gasteiger partial charge in [0.2, 0.25) is 0 Å². The average molecular weight is 495 g/mol. The highest BCUT2D eigenvalue weighted by Gasteiger charge is 2.37. The molecule has 1 N–H and O–H groups in total. The van der Waals surface area contributed by atoms with E-state index in [-0.39, 0.29) is 11.2 Å². The standard InChI is InChI=1S/C21H23ClN4O4S2/c22-19-12-23-21(31-19)25-20(27)18(9-13-5-7-30-8-6-13)26-17-4-3-16(10-14(17)11-24-26)32(28,29)15-1-2-15/h3-4,10-13,15,18H,1-2,5-9H2,(H,23,25,27)/t18-/m1/s1. The molecule has 0 unspecified atom stereocenters. The molecule has 0 radical (unpaired) electrons. The fourth-order valence-corrected chi connectivity index (χ4v) is 6.65. The van der Waals surface area contributed by atoms with Crippen molar-refractivity contribution in [2.24, 2.45) is 5.92 Å². The number of hydrogen-bond donors (Lipinski definition) is 1. The Morgan fingerprint density at radius 3 is 2.72 bits per heavy atom. The molecule has 170 valence electrons. The van der Waals surface area contributed by atoms with E-state index < -0.39 is 15.9 Å². The molecule has 1 aliphatic heterocycles. The molecule has 1 amide bonds. The predicted octanol–water partition coefficient (Wildman–Crippen LogP) is 4.08. The number of carbonyl (C=O) groups excluding carboxylic acids is 1. The fourth-order valence-electron chi connectivity index (χ4n) is 4.14. The molecule has 2 aliphatic rings. The molecule has 1 saturated carbocycles. The second kappa shape index (κ2) is 8.74. The zero-order valence-electron chi connectivity index (χ0n) is 17.2. The van der Waals surface area contributed by atoms with E-state index in [0.29, 0.717) is 58.1 Å². The topological polar surface area (TPSA) is 103 Å². The quantitative estimate of drug-likeness (QED) is 0.530. The van der Waals surface area contributed by atoms with Crippen LogP contribution in [0.15, 0.2) is 35.5 Å². The van der Waals surface area contributed by atoms with Crippen LogP contribution in [0.4, 0.5) is 5.13 Å². The van der Waals surface area contributed by atoms with Gasteiger partial charge in [0.05, 0.1) is 28.1 Å².